The summed E-state index contributed by atoms with van der Waals surface area (Å²) in [5.74, 6) is 1.77. The average Bonchev–Trinajstić information content (AvgIpc) is 2.47. The lowest BCUT2D eigenvalue weighted by atomic mass is 9.92. The first-order valence-corrected chi connectivity index (χ1v) is 9.04. The summed E-state index contributed by atoms with van der Waals surface area (Å²) in [5.41, 5.74) is 4.09. The number of rotatable bonds is 11. The molecule has 1 atom stereocenters. The molecule has 1 N–H and O–H groups in total. The van der Waals surface area contributed by atoms with Crippen LogP contribution in [-0.2, 0) is 19.3 Å². The normalized spacial score (nSPS) is 12.4. The summed E-state index contributed by atoms with van der Waals surface area (Å²) in [5, 5.41) is 9.08. The first-order chi connectivity index (χ1) is 10.7. The van der Waals surface area contributed by atoms with Gasteiger partial charge in [0.15, 0.2) is 0 Å². The Hall–Kier alpha value is -1.02. The molecule has 2 nitrogen and oxygen atoms in total. The zero-order chi connectivity index (χ0) is 16.4. The Bertz CT molecular complexity index is 399. The molecule has 22 heavy (non-hydrogen) atoms. The summed E-state index contributed by atoms with van der Waals surface area (Å²) in [6.45, 7) is 9.49. The van der Waals surface area contributed by atoms with E-state index in [1.54, 1.807) is 0 Å². The maximum Gasteiger partial charge on any atom is 0.125 e. The third-order valence-electron chi connectivity index (χ3n) is 4.04. The van der Waals surface area contributed by atoms with Gasteiger partial charge in [0.25, 0.3) is 0 Å². The number of hydrogen-bond acceptors (Lipinski definition) is 2. The van der Waals surface area contributed by atoms with Crippen molar-refractivity contribution >= 4 is 0 Å². The molecule has 0 spiro atoms. The first kappa shape index (κ1) is 19.0. The van der Waals surface area contributed by atoms with Crippen LogP contribution in [0.15, 0.2) is 12.1 Å². The topological polar surface area (TPSA) is 29.5 Å². The van der Waals surface area contributed by atoms with Gasteiger partial charge in [0, 0.05) is 0 Å². The van der Waals surface area contributed by atoms with Gasteiger partial charge in [-0.15, -0.1) is 0 Å². The molecule has 1 aromatic carbocycles. The maximum absolute atomic E-state index is 9.08. The zero-order valence-corrected chi connectivity index (χ0v) is 15.0. The van der Waals surface area contributed by atoms with Crippen LogP contribution in [0.4, 0.5) is 0 Å². The monoisotopic (exact) mass is 306 g/mol. The van der Waals surface area contributed by atoms with Gasteiger partial charge in [-0.2, -0.15) is 0 Å². The largest absolute Gasteiger partial charge is 0.491 e. The molecule has 0 saturated heterocycles. The van der Waals surface area contributed by atoms with Crippen LogP contribution in [0.2, 0.25) is 0 Å². The molecule has 0 bridgehead atoms. The highest BCUT2D eigenvalue weighted by molar-refractivity contribution is 5.45. The SMILES string of the molecule is CCCc1cc(CC(C)CCC)cc(CCC)c1OCCO. The van der Waals surface area contributed by atoms with Crippen molar-refractivity contribution in [2.24, 2.45) is 5.92 Å². The fourth-order valence-electron chi connectivity index (χ4n) is 3.18. The lowest BCUT2D eigenvalue weighted by Crippen LogP contribution is -2.08. The quantitative estimate of drug-likeness (QED) is 0.627. The van der Waals surface area contributed by atoms with E-state index in [9.17, 15) is 0 Å². The van der Waals surface area contributed by atoms with Crippen LogP contribution in [0.1, 0.15) is 70.1 Å². The molecule has 0 heterocycles. The van der Waals surface area contributed by atoms with E-state index in [0.717, 1.165) is 43.8 Å². The fourth-order valence-corrected chi connectivity index (χ4v) is 3.18. The maximum atomic E-state index is 9.08. The van der Waals surface area contributed by atoms with Crippen molar-refractivity contribution in [1.29, 1.82) is 0 Å². The van der Waals surface area contributed by atoms with E-state index in [4.69, 9.17) is 9.84 Å². The van der Waals surface area contributed by atoms with Crippen molar-refractivity contribution in [3.05, 3.63) is 28.8 Å². The molecule has 1 aromatic rings. The van der Waals surface area contributed by atoms with E-state index in [1.165, 1.54) is 29.5 Å². The molecule has 126 valence electrons. The molecule has 1 unspecified atom stereocenters. The molecule has 1 rings (SSSR count). The molecule has 0 aliphatic rings. The number of aryl methyl sites for hydroxylation is 2. The van der Waals surface area contributed by atoms with Gasteiger partial charge in [-0.3, -0.25) is 0 Å². The van der Waals surface area contributed by atoms with Crippen LogP contribution >= 0.6 is 0 Å². The summed E-state index contributed by atoms with van der Waals surface area (Å²) in [6, 6.07) is 4.67. The highest BCUT2D eigenvalue weighted by atomic mass is 16.5. The van der Waals surface area contributed by atoms with Crippen LogP contribution in [0.3, 0.4) is 0 Å². The summed E-state index contributed by atoms with van der Waals surface area (Å²) < 4.78 is 5.88. The minimum Gasteiger partial charge on any atom is -0.491 e. The minimum absolute atomic E-state index is 0.0758. The van der Waals surface area contributed by atoms with E-state index in [0.29, 0.717) is 6.61 Å². The summed E-state index contributed by atoms with van der Waals surface area (Å²) in [6.07, 6.45) is 8.03. The van der Waals surface area contributed by atoms with Crippen molar-refractivity contribution in [1.82, 2.24) is 0 Å². The predicted octanol–water partition coefficient (Wildman–Crippen LogP) is 4.94. The zero-order valence-electron chi connectivity index (χ0n) is 15.0. The van der Waals surface area contributed by atoms with Crippen LogP contribution < -0.4 is 4.74 Å². The Labute approximate surface area is 136 Å². The van der Waals surface area contributed by atoms with E-state index < -0.39 is 0 Å². The van der Waals surface area contributed by atoms with Gasteiger partial charge < -0.3 is 9.84 Å². The van der Waals surface area contributed by atoms with Crippen LogP contribution in [0.25, 0.3) is 0 Å². The van der Waals surface area contributed by atoms with E-state index in [-0.39, 0.29) is 6.61 Å². The second kappa shape index (κ2) is 10.7. The molecule has 0 saturated carbocycles. The summed E-state index contributed by atoms with van der Waals surface area (Å²) in [7, 11) is 0. The predicted molar refractivity (Wildman–Crippen MR) is 94.8 cm³/mol. The van der Waals surface area contributed by atoms with Crippen LogP contribution in [-0.4, -0.2) is 18.3 Å². The average molecular weight is 306 g/mol. The van der Waals surface area contributed by atoms with Crippen molar-refractivity contribution in [2.45, 2.75) is 72.6 Å². The second-order valence-electron chi connectivity index (χ2n) is 6.41. The van der Waals surface area contributed by atoms with Crippen molar-refractivity contribution in [3.63, 3.8) is 0 Å². The highest BCUT2D eigenvalue weighted by Crippen LogP contribution is 2.30. The van der Waals surface area contributed by atoms with Gasteiger partial charge in [-0.25, -0.2) is 0 Å². The molecule has 0 radical (unpaired) electrons. The van der Waals surface area contributed by atoms with Gasteiger partial charge in [0.05, 0.1) is 6.61 Å². The molecular weight excluding hydrogens is 272 g/mol. The second-order valence-corrected chi connectivity index (χ2v) is 6.41. The third kappa shape index (κ3) is 6.00. The molecule has 2 heteroatoms. The summed E-state index contributed by atoms with van der Waals surface area (Å²) in [4.78, 5) is 0. The number of aliphatic hydroxyl groups is 1. The van der Waals surface area contributed by atoms with Crippen molar-refractivity contribution < 1.29 is 9.84 Å². The Balaban J connectivity index is 3.08. The van der Waals surface area contributed by atoms with Crippen LogP contribution in [0.5, 0.6) is 5.75 Å². The smallest absolute Gasteiger partial charge is 0.125 e. The van der Waals surface area contributed by atoms with E-state index in [1.807, 2.05) is 0 Å². The molecule has 0 aliphatic carbocycles. The lowest BCUT2D eigenvalue weighted by molar-refractivity contribution is 0.199. The minimum atomic E-state index is 0.0758. The molecule has 0 aliphatic heterocycles. The standard InChI is InChI=1S/C20H34O2/c1-5-8-16(4)13-17-14-18(9-6-2)20(22-12-11-21)19(15-17)10-7-3/h14-16,21H,5-13H2,1-4H3. The van der Waals surface area contributed by atoms with Gasteiger partial charge in [-0.05, 0) is 41.9 Å². The van der Waals surface area contributed by atoms with Crippen molar-refractivity contribution in [3.8, 4) is 5.75 Å². The fraction of sp³-hybridized carbons (Fsp3) is 0.700. The summed E-state index contributed by atoms with van der Waals surface area (Å²) >= 11 is 0. The highest BCUT2D eigenvalue weighted by Gasteiger charge is 2.13. The van der Waals surface area contributed by atoms with Gasteiger partial charge >= 0.3 is 0 Å². The number of benzene rings is 1. The lowest BCUT2D eigenvalue weighted by Gasteiger charge is -2.19. The molecule has 0 amide bonds. The number of aliphatic hydroxyl groups excluding tert-OH is 1. The Morgan fingerprint density at radius 3 is 2.05 bits per heavy atom. The van der Waals surface area contributed by atoms with E-state index >= 15 is 0 Å². The number of ether oxygens (including phenoxy) is 1. The first-order valence-electron chi connectivity index (χ1n) is 9.04. The van der Waals surface area contributed by atoms with Crippen molar-refractivity contribution in [2.75, 3.05) is 13.2 Å². The molecule has 0 aromatic heterocycles. The van der Waals surface area contributed by atoms with Gasteiger partial charge in [-0.1, -0.05) is 65.5 Å². The Kier molecular flexibility index (Phi) is 9.22. The van der Waals surface area contributed by atoms with E-state index in [2.05, 4.69) is 39.8 Å². The van der Waals surface area contributed by atoms with Gasteiger partial charge in [0.1, 0.15) is 12.4 Å². The van der Waals surface area contributed by atoms with Gasteiger partial charge in [0.2, 0.25) is 0 Å². The Morgan fingerprint density at radius 1 is 1.00 bits per heavy atom. The molecule has 0 fully saturated rings. The van der Waals surface area contributed by atoms with Crippen LogP contribution in [0, 0.1) is 5.92 Å². The number of hydrogen-bond donors (Lipinski definition) is 1. The molecular formula is C20H34O2. The third-order valence-corrected chi connectivity index (χ3v) is 4.04. The Morgan fingerprint density at radius 2 is 1.59 bits per heavy atom.